The lowest BCUT2D eigenvalue weighted by Crippen LogP contribution is -2.41. The van der Waals surface area contributed by atoms with Crippen molar-refractivity contribution in [2.75, 3.05) is 14.2 Å². The Morgan fingerprint density at radius 2 is 1.95 bits per heavy atom. The van der Waals surface area contributed by atoms with E-state index < -0.39 is 11.9 Å². The van der Waals surface area contributed by atoms with E-state index in [1.807, 2.05) is 0 Å². The Kier molecular flexibility index (Phi) is 3.69. The molecule has 2 bridgehead atoms. The van der Waals surface area contributed by atoms with Crippen molar-refractivity contribution in [1.82, 2.24) is 4.90 Å². The molecule has 0 radical (unpaired) electrons. The lowest BCUT2D eigenvalue weighted by Gasteiger charge is -2.38. The summed E-state index contributed by atoms with van der Waals surface area (Å²) < 4.78 is 18.7. The van der Waals surface area contributed by atoms with E-state index in [0.717, 1.165) is 12.8 Å². The van der Waals surface area contributed by atoms with Crippen LogP contribution in [0.15, 0.2) is 18.2 Å². The maximum absolute atomic E-state index is 13.8. The van der Waals surface area contributed by atoms with Gasteiger partial charge in [-0.2, -0.15) is 0 Å². The van der Waals surface area contributed by atoms with Crippen LogP contribution in [0.2, 0.25) is 0 Å². The quantitative estimate of drug-likeness (QED) is 0.923. The van der Waals surface area contributed by atoms with Crippen molar-refractivity contribution in [3.05, 3.63) is 29.6 Å². The normalized spacial score (nSPS) is 31.3. The summed E-state index contributed by atoms with van der Waals surface area (Å²) in [5, 5.41) is 10.6. The third-order valence-corrected chi connectivity index (χ3v) is 5.10. The van der Waals surface area contributed by atoms with Crippen LogP contribution in [0.3, 0.4) is 0 Å². The predicted octanol–water partition coefficient (Wildman–Crippen LogP) is 2.74. The van der Waals surface area contributed by atoms with Crippen molar-refractivity contribution in [3.8, 4) is 5.75 Å². The number of halogens is 1. The molecule has 3 unspecified atom stereocenters. The molecular weight excluding hydrogens is 257 g/mol. The highest BCUT2D eigenvalue weighted by Gasteiger charge is 2.40. The van der Waals surface area contributed by atoms with Gasteiger partial charge in [-0.1, -0.05) is 6.07 Å². The Balaban J connectivity index is 1.76. The van der Waals surface area contributed by atoms with E-state index in [9.17, 15) is 9.50 Å². The fourth-order valence-corrected chi connectivity index (χ4v) is 3.85. The first-order chi connectivity index (χ1) is 9.60. The van der Waals surface area contributed by atoms with Gasteiger partial charge in [0.2, 0.25) is 0 Å². The maximum Gasteiger partial charge on any atom is 0.165 e. The van der Waals surface area contributed by atoms with Crippen LogP contribution in [0, 0.1) is 11.7 Å². The zero-order valence-electron chi connectivity index (χ0n) is 12.1. The molecule has 1 N–H and O–H groups in total. The van der Waals surface area contributed by atoms with Crippen LogP contribution in [-0.2, 0) is 0 Å². The average molecular weight is 279 g/mol. The van der Waals surface area contributed by atoms with Gasteiger partial charge in [-0.05, 0) is 56.3 Å². The molecule has 0 aromatic heterocycles. The molecule has 0 saturated carbocycles. The molecule has 20 heavy (non-hydrogen) atoms. The van der Waals surface area contributed by atoms with Crippen molar-refractivity contribution in [1.29, 1.82) is 0 Å². The number of ether oxygens (including phenoxy) is 1. The van der Waals surface area contributed by atoms with Crippen molar-refractivity contribution in [2.24, 2.45) is 5.92 Å². The van der Waals surface area contributed by atoms with E-state index in [-0.39, 0.29) is 11.7 Å². The third kappa shape index (κ3) is 2.31. The number of rotatable bonds is 3. The maximum atomic E-state index is 13.8. The van der Waals surface area contributed by atoms with Gasteiger partial charge in [-0.15, -0.1) is 0 Å². The van der Waals surface area contributed by atoms with E-state index >= 15 is 0 Å². The molecule has 2 aliphatic rings. The molecule has 3 atom stereocenters. The highest BCUT2D eigenvalue weighted by atomic mass is 19.1. The van der Waals surface area contributed by atoms with Crippen molar-refractivity contribution in [3.63, 3.8) is 0 Å². The number of fused-ring (bicyclic) bond motifs is 2. The van der Waals surface area contributed by atoms with E-state index in [1.54, 1.807) is 12.1 Å². The largest absolute Gasteiger partial charge is 0.494 e. The van der Waals surface area contributed by atoms with Gasteiger partial charge in [0.25, 0.3) is 0 Å². The molecule has 4 heteroatoms. The molecule has 3 nitrogen and oxygen atoms in total. The second kappa shape index (κ2) is 5.34. The van der Waals surface area contributed by atoms with Crippen LogP contribution in [0.4, 0.5) is 4.39 Å². The molecule has 0 amide bonds. The zero-order chi connectivity index (χ0) is 14.3. The first-order valence-electron chi connectivity index (χ1n) is 7.33. The van der Waals surface area contributed by atoms with Gasteiger partial charge in [0.05, 0.1) is 13.2 Å². The molecule has 2 fully saturated rings. The Morgan fingerprint density at radius 3 is 2.50 bits per heavy atom. The Bertz CT molecular complexity index is 479. The molecule has 2 heterocycles. The molecule has 1 aromatic carbocycles. The Morgan fingerprint density at radius 1 is 1.30 bits per heavy atom. The highest BCUT2D eigenvalue weighted by Crippen LogP contribution is 2.42. The summed E-state index contributed by atoms with van der Waals surface area (Å²) in [5.74, 6) is 0.0563. The van der Waals surface area contributed by atoms with Crippen LogP contribution in [0.5, 0.6) is 5.75 Å². The molecule has 3 rings (SSSR count). The second-order valence-corrected chi connectivity index (χ2v) is 6.12. The van der Waals surface area contributed by atoms with Gasteiger partial charge in [0, 0.05) is 12.1 Å². The van der Waals surface area contributed by atoms with Gasteiger partial charge < -0.3 is 14.7 Å². The minimum atomic E-state index is -0.577. The monoisotopic (exact) mass is 279 g/mol. The van der Waals surface area contributed by atoms with Gasteiger partial charge in [-0.3, -0.25) is 0 Å². The van der Waals surface area contributed by atoms with Crippen LogP contribution in [0.25, 0.3) is 0 Å². The number of nitrogens with zero attached hydrogens (tertiary/aromatic N) is 1. The Hall–Kier alpha value is -1.13. The summed E-state index contributed by atoms with van der Waals surface area (Å²) in [6.07, 6.45) is 3.87. The van der Waals surface area contributed by atoms with Gasteiger partial charge in [0.1, 0.15) is 0 Å². The standard InChI is InChI=1S/C16H22FNO2/c1-18-12-4-5-13(18)8-11(7-12)16(19)10-3-6-15(20-2)14(17)9-10/h3,6,9,11-13,16,19H,4-5,7-8H2,1-2H3. The van der Waals surface area contributed by atoms with Crippen molar-refractivity contribution < 1.29 is 14.2 Å². The summed E-state index contributed by atoms with van der Waals surface area (Å²) in [6, 6.07) is 5.93. The second-order valence-electron chi connectivity index (χ2n) is 6.12. The third-order valence-electron chi connectivity index (χ3n) is 5.10. The highest BCUT2D eigenvalue weighted by molar-refractivity contribution is 5.30. The summed E-state index contributed by atoms with van der Waals surface area (Å²) in [5.41, 5.74) is 0.664. The topological polar surface area (TPSA) is 32.7 Å². The SMILES string of the molecule is COc1ccc(C(O)C2CC3CCC(C2)N3C)cc1F. The number of aliphatic hydroxyl groups is 1. The zero-order valence-corrected chi connectivity index (χ0v) is 12.1. The summed E-state index contributed by atoms with van der Waals surface area (Å²) in [4.78, 5) is 2.44. The molecule has 0 aliphatic carbocycles. The Labute approximate surface area is 119 Å². The smallest absolute Gasteiger partial charge is 0.165 e. The lowest BCUT2D eigenvalue weighted by atomic mass is 9.84. The van der Waals surface area contributed by atoms with E-state index in [2.05, 4.69) is 11.9 Å². The summed E-state index contributed by atoms with van der Waals surface area (Å²) >= 11 is 0. The molecule has 0 spiro atoms. The van der Waals surface area contributed by atoms with Gasteiger partial charge in [0.15, 0.2) is 11.6 Å². The molecule has 1 aromatic rings. The molecular formula is C16H22FNO2. The fraction of sp³-hybridized carbons (Fsp3) is 0.625. The minimum Gasteiger partial charge on any atom is -0.494 e. The van der Waals surface area contributed by atoms with Crippen LogP contribution >= 0.6 is 0 Å². The minimum absolute atomic E-state index is 0.226. The predicted molar refractivity (Wildman–Crippen MR) is 75.2 cm³/mol. The first-order valence-corrected chi connectivity index (χ1v) is 7.33. The van der Waals surface area contributed by atoms with Crippen molar-refractivity contribution >= 4 is 0 Å². The fourth-order valence-electron chi connectivity index (χ4n) is 3.85. The van der Waals surface area contributed by atoms with Crippen LogP contribution in [0.1, 0.15) is 37.4 Å². The van der Waals surface area contributed by atoms with Gasteiger partial charge in [-0.25, -0.2) is 4.39 Å². The average Bonchev–Trinajstić information content (AvgIpc) is 2.67. The molecule has 110 valence electrons. The number of hydrogen-bond acceptors (Lipinski definition) is 3. The van der Waals surface area contributed by atoms with E-state index in [4.69, 9.17) is 4.74 Å². The number of piperidine rings is 1. The molecule has 2 aliphatic heterocycles. The number of hydrogen-bond donors (Lipinski definition) is 1. The van der Waals surface area contributed by atoms with Crippen LogP contribution < -0.4 is 4.74 Å². The number of benzene rings is 1. The number of methoxy groups -OCH3 is 1. The van der Waals surface area contributed by atoms with E-state index in [1.165, 1.54) is 26.0 Å². The summed E-state index contributed by atoms with van der Waals surface area (Å²) in [6.45, 7) is 0. The number of aliphatic hydroxyl groups excluding tert-OH is 1. The van der Waals surface area contributed by atoms with E-state index in [0.29, 0.717) is 17.6 Å². The van der Waals surface area contributed by atoms with Crippen LogP contribution in [-0.4, -0.2) is 36.2 Å². The summed E-state index contributed by atoms with van der Waals surface area (Å²) in [7, 11) is 3.63. The first kappa shape index (κ1) is 13.8. The molecule has 2 saturated heterocycles. The van der Waals surface area contributed by atoms with Crippen molar-refractivity contribution in [2.45, 2.75) is 43.9 Å². The lowest BCUT2D eigenvalue weighted by molar-refractivity contribution is 0.0354. The van der Waals surface area contributed by atoms with Gasteiger partial charge >= 0.3 is 0 Å².